The van der Waals surface area contributed by atoms with Gasteiger partial charge in [0.2, 0.25) is 21.8 Å². The van der Waals surface area contributed by atoms with E-state index in [1.807, 2.05) is 0 Å². The lowest BCUT2D eigenvalue weighted by molar-refractivity contribution is -0.275. The maximum Gasteiger partial charge on any atom is 0.573 e. The van der Waals surface area contributed by atoms with Crippen LogP contribution < -0.4 is 20.5 Å². The van der Waals surface area contributed by atoms with Crippen LogP contribution in [0.5, 0.6) is 5.75 Å². The molecular formula is C22H28F3N3O5S. The van der Waals surface area contributed by atoms with Crippen molar-refractivity contribution in [2.45, 2.75) is 68.8 Å². The van der Waals surface area contributed by atoms with E-state index in [-0.39, 0.29) is 23.8 Å². The molecule has 1 aromatic rings. The van der Waals surface area contributed by atoms with Crippen LogP contribution in [0.25, 0.3) is 0 Å². The van der Waals surface area contributed by atoms with Crippen molar-refractivity contribution in [3.05, 3.63) is 24.3 Å². The molecule has 188 valence electrons. The predicted molar refractivity (Wildman–Crippen MR) is 115 cm³/mol. The average Bonchev–Trinajstić information content (AvgIpc) is 2.68. The summed E-state index contributed by atoms with van der Waals surface area (Å²) in [5.41, 5.74) is 3.50. The third-order valence-electron chi connectivity index (χ3n) is 7.42. The highest BCUT2D eigenvalue weighted by atomic mass is 32.2. The molecule has 0 spiro atoms. The van der Waals surface area contributed by atoms with E-state index < -0.39 is 43.9 Å². The minimum Gasteiger partial charge on any atom is -0.404 e. The monoisotopic (exact) mass is 503 g/mol. The number of hydrogen-bond donors (Lipinski definition) is 3. The van der Waals surface area contributed by atoms with Crippen LogP contribution in [0, 0.1) is 23.2 Å². The van der Waals surface area contributed by atoms with Crippen molar-refractivity contribution in [2.75, 3.05) is 0 Å². The molecule has 0 saturated heterocycles. The summed E-state index contributed by atoms with van der Waals surface area (Å²) in [5.74, 6) is -1.28. The third kappa shape index (κ3) is 4.61. The lowest BCUT2D eigenvalue weighted by Gasteiger charge is -2.59. The quantitative estimate of drug-likeness (QED) is 0.527. The van der Waals surface area contributed by atoms with Crippen LogP contribution in [0.15, 0.2) is 29.2 Å². The maximum absolute atomic E-state index is 13.2. The van der Waals surface area contributed by atoms with E-state index in [2.05, 4.69) is 14.8 Å². The molecule has 4 N–H and O–H groups in total. The summed E-state index contributed by atoms with van der Waals surface area (Å²) < 4.78 is 70.1. The van der Waals surface area contributed by atoms with Crippen LogP contribution in [0.1, 0.15) is 46.0 Å². The molecule has 12 heteroatoms. The van der Waals surface area contributed by atoms with Gasteiger partial charge in [0.15, 0.2) is 0 Å². The fraction of sp³-hybridized carbons (Fsp3) is 0.636. The van der Waals surface area contributed by atoms with Crippen molar-refractivity contribution in [2.24, 2.45) is 28.9 Å². The summed E-state index contributed by atoms with van der Waals surface area (Å²) >= 11 is 0. The Bertz CT molecular complexity index is 1090. The van der Waals surface area contributed by atoms with Crippen molar-refractivity contribution < 1.29 is 35.9 Å². The number of alkyl halides is 3. The van der Waals surface area contributed by atoms with Gasteiger partial charge in [0.05, 0.1) is 0 Å². The molecule has 34 heavy (non-hydrogen) atoms. The van der Waals surface area contributed by atoms with E-state index in [0.717, 1.165) is 31.4 Å². The minimum atomic E-state index is -5.08. The number of amides is 2. The molecule has 0 radical (unpaired) electrons. The Morgan fingerprint density at radius 1 is 1.09 bits per heavy atom. The number of benzene rings is 1. The lowest BCUT2D eigenvalue weighted by atomic mass is 9.47. The molecule has 0 aliphatic heterocycles. The zero-order valence-corrected chi connectivity index (χ0v) is 19.6. The second-order valence-corrected chi connectivity index (χ2v) is 12.0. The largest absolute Gasteiger partial charge is 0.573 e. The van der Waals surface area contributed by atoms with Gasteiger partial charge in [-0.2, -0.15) is 4.72 Å². The SMILES string of the molecule is CC(C)(NS(=O)(=O)c1ccccc1OC(F)(F)F)C(=O)NC1C2CC3CC1CC(C(N)=O)(C3)C2. The minimum absolute atomic E-state index is 0.0658. The fourth-order valence-electron chi connectivity index (χ4n) is 6.21. The van der Waals surface area contributed by atoms with Crippen molar-refractivity contribution in [3.8, 4) is 5.75 Å². The van der Waals surface area contributed by atoms with Crippen molar-refractivity contribution in [1.82, 2.24) is 10.0 Å². The van der Waals surface area contributed by atoms with Crippen LogP contribution in [-0.4, -0.2) is 38.2 Å². The Hall–Kier alpha value is -2.34. The molecule has 2 unspecified atom stereocenters. The number of nitrogens with one attached hydrogen (secondary N) is 2. The number of rotatable bonds is 7. The molecule has 4 aliphatic carbocycles. The van der Waals surface area contributed by atoms with E-state index in [0.29, 0.717) is 18.8 Å². The first-order valence-corrected chi connectivity index (χ1v) is 12.6. The zero-order chi connectivity index (χ0) is 25.1. The highest BCUT2D eigenvalue weighted by Gasteiger charge is 2.58. The van der Waals surface area contributed by atoms with E-state index in [4.69, 9.17) is 5.73 Å². The molecule has 0 heterocycles. The normalized spacial score (nSPS) is 30.7. The summed E-state index contributed by atoms with van der Waals surface area (Å²) in [4.78, 5) is 24.5. The van der Waals surface area contributed by atoms with Crippen molar-refractivity contribution in [1.29, 1.82) is 0 Å². The van der Waals surface area contributed by atoms with Gasteiger partial charge >= 0.3 is 6.36 Å². The van der Waals surface area contributed by atoms with Gasteiger partial charge in [-0.05, 0) is 75.8 Å². The Morgan fingerprint density at radius 2 is 1.68 bits per heavy atom. The second kappa shape index (κ2) is 8.11. The molecule has 8 nitrogen and oxygen atoms in total. The third-order valence-corrected chi connectivity index (χ3v) is 9.11. The summed E-state index contributed by atoms with van der Waals surface area (Å²) in [5, 5.41) is 2.96. The van der Waals surface area contributed by atoms with Crippen LogP contribution in [-0.2, 0) is 19.6 Å². The molecule has 5 rings (SSSR count). The summed E-state index contributed by atoms with van der Waals surface area (Å²) in [6.07, 6.45) is -1.39. The van der Waals surface area contributed by atoms with Gasteiger partial charge < -0.3 is 15.8 Å². The number of sulfonamides is 1. The first-order chi connectivity index (χ1) is 15.6. The topological polar surface area (TPSA) is 128 Å². The molecule has 1 aromatic carbocycles. The van der Waals surface area contributed by atoms with Gasteiger partial charge in [-0.1, -0.05) is 12.1 Å². The molecule has 4 saturated carbocycles. The number of carbonyl (C=O) groups is 2. The first kappa shape index (κ1) is 24.8. The number of carbonyl (C=O) groups excluding carboxylic acids is 2. The summed E-state index contributed by atoms with van der Waals surface area (Å²) in [6, 6.07) is 4.11. The van der Waals surface area contributed by atoms with Gasteiger partial charge in [-0.25, -0.2) is 8.42 Å². The molecular weight excluding hydrogens is 475 g/mol. The smallest absolute Gasteiger partial charge is 0.404 e. The van der Waals surface area contributed by atoms with Gasteiger partial charge in [-0.15, -0.1) is 13.2 Å². The van der Waals surface area contributed by atoms with E-state index >= 15 is 0 Å². The molecule has 0 aromatic heterocycles. The van der Waals surface area contributed by atoms with Crippen LogP contribution in [0.3, 0.4) is 0 Å². The van der Waals surface area contributed by atoms with E-state index in [1.54, 1.807) is 0 Å². The van der Waals surface area contributed by atoms with Crippen LogP contribution in [0.2, 0.25) is 0 Å². The van der Waals surface area contributed by atoms with E-state index in [1.165, 1.54) is 26.0 Å². The van der Waals surface area contributed by atoms with Gasteiger partial charge in [0.1, 0.15) is 16.2 Å². The van der Waals surface area contributed by atoms with Gasteiger partial charge in [0, 0.05) is 11.5 Å². The Kier molecular flexibility index (Phi) is 5.91. The first-order valence-electron chi connectivity index (χ1n) is 11.1. The number of hydrogen-bond acceptors (Lipinski definition) is 5. The fourth-order valence-corrected chi connectivity index (χ4v) is 7.72. The summed E-state index contributed by atoms with van der Waals surface area (Å²) in [6.45, 7) is 2.68. The number of ether oxygens (including phenoxy) is 1. The Labute approximate surface area is 195 Å². The molecule has 4 fully saturated rings. The van der Waals surface area contributed by atoms with Crippen molar-refractivity contribution >= 4 is 21.8 Å². The Morgan fingerprint density at radius 3 is 2.24 bits per heavy atom. The number of halogens is 3. The number of nitrogens with two attached hydrogens (primary N) is 1. The zero-order valence-electron chi connectivity index (χ0n) is 18.8. The van der Waals surface area contributed by atoms with Crippen LogP contribution >= 0.6 is 0 Å². The van der Waals surface area contributed by atoms with Crippen molar-refractivity contribution in [3.63, 3.8) is 0 Å². The summed E-state index contributed by atoms with van der Waals surface area (Å²) in [7, 11) is -4.55. The Balaban J connectivity index is 1.49. The highest BCUT2D eigenvalue weighted by Crippen LogP contribution is 2.60. The van der Waals surface area contributed by atoms with Gasteiger partial charge in [-0.3, -0.25) is 9.59 Å². The maximum atomic E-state index is 13.2. The average molecular weight is 504 g/mol. The number of primary amides is 1. The molecule has 4 bridgehead atoms. The van der Waals surface area contributed by atoms with Crippen LogP contribution in [0.4, 0.5) is 13.2 Å². The van der Waals surface area contributed by atoms with Gasteiger partial charge in [0.25, 0.3) is 0 Å². The highest BCUT2D eigenvalue weighted by molar-refractivity contribution is 7.89. The second-order valence-electron chi connectivity index (χ2n) is 10.3. The molecule has 2 amide bonds. The standard InChI is InChI=1S/C22H28F3N3O5S/c1-20(2,28-34(31,32)16-6-4-3-5-15(16)33-22(23,24)25)19(30)27-17-13-7-12-8-14(17)11-21(9-12,10-13)18(26)29/h3-6,12-14,17,28H,7-11H2,1-2H3,(H2,26,29)(H,27,30). The lowest BCUT2D eigenvalue weighted by Crippen LogP contribution is -2.65. The predicted octanol–water partition coefficient (Wildman–Crippen LogP) is 2.44. The van der Waals surface area contributed by atoms with E-state index in [9.17, 15) is 31.2 Å². The molecule has 4 aliphatic rings. The number of para-hydroxylation sites is 1. The molecule has 2 atom stereocenters.